The van der Waals surface area contributed by atoms with Crippen LogP contribution in [0.15, 0.2) is 18.2 Å². The molecule has 1 heterocycles. The third-order valence-corrected chi connectivity index (χ3v) is 8.37. The molecule has 1 rings (SSSR count). The van der Waals surface area contributed by atoms with Gasteiger partial charge in [0.1, 0.15) is 0 Å². The first-order valence-electron chi connectivity index (χ1n) is 7.71. The predicted octanol–water partition coefficient (Wildman–Crippen LogP) is 5.59. The molecular formula is C16H28CuF3N2O2PS+. The second-order valence-corrected chi connectivity index (χ2v) is 13.7. The van der Waals surface area contributed by atoms with Crippen LogP contribution in [-0.2, 0) is 33.3 Å². The molecule has 0 aliphatic rings. The molecule has 0 aromatic carbocycles. The first-order chi connectivity index (χ1) is 10.9. The molecule has 0 amide bonds. The molecular weight excluding hydrogens is 436 g/mol. The van der Waals surface area contributed by atoms with Crippen LogP contribution in [0, 0.1) is 6.92 Å². The number of halogens is 3. The topological polar surface area (TPSA) is 70.8 Å². The minimum absolute atomic E-state index is 0. The molecule has 0 fully saturated rings. The van der Waals surface area contributed by atoms with Crippen molar-refractivity contribution in [2.24, 2.45) is 0 Å². The summed E-state index contributed by atoms with van der Waals surface area (Å²) in [4.78, 5) is 4.67. The van der Waals surface area contributed by atoms with Crippen molar-refractivity contribution in [3.05, 3.63) is 34.7 Å². The zero-order chi connectivity index (χ0) is 20.3. The summed E-state index contributed by atoms with van der Waals surface area (Å²) in [6, 6.07) is 6.38. The van der Waals surface area contributed by atoms with Crippen LogP contribution in [0.3, 0.4) is 0 Å². The van der Waals surface area contributed by atoms with Gasteiger partial charge in [0.25, 0.3) is 0 Å². The van der Waals surface area contributed by atoms with Crippen molar-refractivity contribution in [2.75, 3.05) is 0 Å². The molecule has 0 spiro atoms. The van der Waals surface area contributed by atoms with Gasteiger partial charge in [-0.3, -0.25) is 4.98 Å². The quantitative estimate of drug-likeness (QED) is 0.424. The number of nitrogens with zero attached hydrogens (tertiary/aromatic N) is 1. The van der Waals surface area contributed by atoms with Crippen LogP contribution in [0.4, 0.5) is 13.2 Å². The third kappa shape index (κ3) is 10.2. The maximum absolute atomic E-state index is 10.8. The maximum atomic E-state index is 10.8. The van der Waals surface area contributed by atoms with Crippen molar-refractivity contribution in [3.63, 3.8) is 0 Å². The first-order valence-corrected chi connectivity index (χ1v) is 10.9. The first kappa shape index (κ1) is 28.0. The summed E-state index contributed by atoms with van der Waals surface area (Å²) < 4.78 is 50.8. The van der Waals surface area contributed by atoms with Gasteiger partial charge in [0.2, 0.25) is 0 Å². The number of alkyl halides is 3. The molecule has 1 N–H and O–H groups in total. The second kappa shape index (κ2) is 9.83. The van der Waals surface area contributed by atoms with E-state index in [0.29, 0.717) is 10.3 Å². The van der Waals surface area contributed by atoms with Crippen LogP contribution in [0.25, 0.3) is 5.14 Å². The van der Waals surface area contributed by atoms with Gasteiger partial charge in [-0.2, -0.15) is 13.2 Å². The number of aromatic nitrogens is 1. The van der Waals surface area contributed by atoms with Crippen molar-refractivity contribution in [1.29, 1.82) is 0 Å². The number of aryl methyl sites for hydroxylation is 1. The van der Waals surface area contributed by atoms with E-state index in [1.807, 2.05) is 0 Å². The average Bonchev–Trinajstić information content (AvgIpc) is 2.31. The van der Waals surface area contributed by atoms with Crippen molar-refractivity contribution in [1.82, 2.24) is 4.98 Å². The molecule has 0 saturated heterocycles. The largest absolute Gasteiger partial charge is 1.00 e. The average molecular weight is 464 g/mol. The van der Waals surface area contributed by atoms with Gasteiger partial charge in [0.15, 0.2) is 10.0 Å². The zero-order valence-corrected chi connectivity index (χ0v) is 18.8. The van der Waals surface area contributed by atoms with Gasteiger partial charge in [-0.1, -0.05) is 6.07 Å². The molecule has 0 unspecified atom stereocenters. The summed E-state index contributed by atoms with van der Waals surface area (Å²) in [5.41, 5.74) is -3.03. The fourth-order valence-corrected chi connectivity index (χ4v) is 6.40. The minimum atomic E-state index is -5.59. The van der Waals surface area contributed by atoms with Crippen molar-refractivity contribution >= 4 is 17.9 Å². The Kier molecular flexibility index (Phi) is 10.6. The van der Waals surface area contributed by atoms with Crippen molar-refractivity contribution in [3.8, 4) is 0 Å². The summed E-state index contributed by atoms with van der Waals surface area (Å²) in [6.45, 7) is 16.3. The monoisotopic (exact) mass is 463 g/mol. The molecule has 1 aromatic heterocycles. The Labute approximate surface area is 166 Å². The SMILES string of the molecule is Cc1cccc(C[PH+](C(C)(C)C)C(C)(C)C)n1.[Cu+].[NH-]S(=O)(=O)C(F)(F)F. The molecule has 0 atom stereocenters. The Morgan fingerprint density at radius 2 is 1.42 bits per heavy atom. The third-order valence-electron chi connectivity index (χ3n) is 3.42. The summed E-state index contributed by atoms with van der Waals surface area (Å²) >= 11 is 0. The Morgan fingerprint density at radius 3 is 1.69 bits per heavy atom. The van der Waals surface area contributed by atoms with E-state index >= 15 is 0 Å². The van der Waals surface area contributed by atoms with Gasteiger partial charge in [-0.05, 0) is 60.6 Å². The molecule has 0 saturated carbocycles. The molecule has 0 radical (unpaired) electrons. The number of hydrogen-bond donors (Lipinski definition) is 0. The summed E-state index contributed by atoms with van der Waals surface area (Å²) in [5.74, 6) is 0. The van der Waals surface area contributed by atoms with E-state index < -0.39 is 23.5 Å². The minimum Gasteiger partial charge on any atom is -0.556 e. The van der Waals surface area contributed by atoms with Crippen molar-refractivity contribution < 1.29 is 38.7 Å². The van der Waals surface area contributed by atoms with Crippen LogP contribution in [0.5, 0.6) is 0 Å². The summed E-state index contributed by atoms with van der Waals surface area (Å²) in [6.07, 6.45) is 1.17. The van der Waals surface area contributed by atoms with E-state index in [-0.39, 0.29) is 17.1 Å². The molecule has 156 valence electrons. The normalized spacial score (nSPS) is 12.9. The molecule has 4 nitrogen and oxygen atoms in total. The number of nitrogens with one attached hydrogen (secondary N) is 1. The van der Waals surface area contributed by atoms with Gasteiger partial charge in [0, 0.05) is 13.6 Å². The molecule has 1 aromatic rings. The summed E-state index contributed by atoms with van der Waals surface area (Å²) in [5, 5.41) is 6.25. The van der Waals surface area contributed by atoms with E-state index in [1.54, 1.807) is 0 Å². The van der Waals surface area contributed by atoms with Crippen LogP contribution >= 0.6 is 7.92 Å². The number of rotatable bonds is 2. The molecule has 0 aliphatic carbocycles. The Bertz CT molecular complexity index is 655. The Hall–Kier alpha value is -0.201. The van der Waals surface area contributed by atoms with Crippen LogP contribution in [0.2, 0.25) is 0 Å². The fraction of sp³-hybridized carbons (Fsp3) is 0.688. The predicted molar refractivity (Wildman–Crippen MR) is 99.8 cm³/mol. The van der Waals surface area contributed by atoms with E-state index in [9.17, 15) is 21.6 Å². The number of sulfonamides is 1. The second-order valence-electron chi connectivity index (χ2n) is 7.87. The van der Waals surface area contributed by atoms with Crippen LogP contribution in [0.1, 0.15) is 52.9 Å². The van der Waals surface area contributed by atoms with E-state index in [0.717, 1.165) is 5.69 Å². The number of pyridine rings is 1. The van der Waals surface area contributed by atoms with Crippen LogP contribution in [-0.4, -0.2) is 29.2 Å². The van der Waals surface area contributed by atoms with E-state index in [1.165, 1.54) is 11.9 Å². The Balaban J connectivity index is 0. The van der Waals surface area contributed by atoms with Gasteiger partial charge in [-0.15, -0.1) is 0 Å². The standard InChI is InChI=1S/C15H26NP.CHF3NO2S.Cu/c1-12-9-8-10-13(16-12)11-17(14(2,3)4)15(5,6)7;2-1(3,4)8(5,6)7;/h8-10H,11H2,1-7H3;(H-,5,6,7);/q;-1;+1/p+1. The fourth-order valence-electron chi connectivity index (χ4n) is 2.53. The van der Waals surface area contributed by atoms with Gasteiger partial charge >= 0.3 is 22.6 Å². The number of hydrogen-bond acceptors (Lipinski definition) is 3. The van der Waals surface area contributed by atoms with Crippen molar-refractivity contribution in [2.45, 2.75) is 70.4 Å². The molecule has 0 bridgehead atoms. The zero-order valence-electron chi connectivity index (χ0n) is 16.0. The van der Waals surface area contributed by atoms with Gasteiger partial charge in [-0.25, -0.2) is 8.42 Å². The maximum Gasteiger partial charge on any atom is 1.00 e. The molecule has 0 aliphatic heterocycles. The van der Waals surface area contributed by atoms with E-state index in [2.05, 4.69) is 71.6 Å². The van der Waals surface area contributed by atoms with E-state index in [4.69, 9.17) is 5.14 Å². The van der Waals surface area contributed by atoms with Crippen LogP contribution < -0.4 is 0 Å². The molecule has 10 heteroatoms. The van der Waals surface area contributed by atoms with Gasteiger partial charge in [0.05, 0.1) is 22.2 Å². The summed E-state index contributed by atoms with van der Waals surface area (Å²) in [7, 11) is -6.10. The molecule has 26 heavy (non-hydrogen) atoms. The van der Waals surface area contributed by atoms with Gasteiger partial charge < -0.3 is 5.14 Å². The smallest absolute Gasteiger partial charge is 0.556 e. The Morgan fingerprint density at radius 1 is 1.04 bits per heavy atom.